The van der Waals surface area contributed by atoms with Crippen molar-refractivity contribution in [3.8, 4) is 5.75 Å². The topological polar surface area (TPSA) is 129 Å². The van der Waals surface area contributed by atoms with Gasteiger partial charge >= 0.3 is 6.01 Å². The third kappa shape index (κ3) is 11.3. The molecule has 1 aromatic heterocycles. The van der Waals surface area contributed by atoms with Crippen LogP contribution in [0.3, 0.4) is 0 Å². The van der Waals surface area contributed by atoms with Crippen molar-refractivity contribution in [2.24, 2.45) is 0 Å². The maximum absolute atomic E-state index is 14.1. The number of hydrogen-bond acceptors (Lipinski definition) is 9. The lowest BCUT2D eigenvalue weighted by Gasteiger charge is -2.35. The van der Waals surface area contributed by atoms with Crippen molar-refractivity contribution in [2.75, 3.05) is 44.4 Å². The second kappa shape index (κ2) is 16.7. The smallest absolute Gasteiger partial charge is 0.324 e. The summed E-state index contributed by atoms with van der Waals surface area (Å²) in [5, 5.41) is 18.4. The molecule has 1 aliphatic rings. The fraction of sp³-hybridized carbons (Fsp3) is 0.583. The summed E-state index contributed by atoms with van der Waals surface area (Å²) in [5.41, 5.74) is 0.980. The van der Waals surface area contributed by atoms with Crippen molar-refractivity contribution in [2.45, 2.75) is 51.3 Å². The number of rotatable bonds is 9. The van der Waals surface area contributed by atoms with Crippen LogP contribution in [0.4, 0.5) is 10.4 Å². The van der Waals surface area contributed by atoms with Gasteiger partial charge in [-0.25, -0.2) is 4.39 Å². The van der Waals surface area contributed by atoms with E-state index in [9.17, 15) is 4.39 Å². The number of thioether (sulfide) groups is 1. The van der Waals surface area contributed by atoms with Crippen LogP contribution in [0.2, 0.25) is 0 Å². The predicted molar refractivity (Wildman–Crippen MR) is 137 cm³/mol. The minimum absolute atomic E-state index is 0.250. The van der Waals surface area contributed by atoms with Gasteiger partial charge in [-0.15, -0.1) is 0 Å². The van der Waals surface area contributed by atoms with Crippen molar-refractivity contribution >= 4 is 30.2 Å². The fourth-order valence-electron chi connectivity index (χ4n) is 3.49. The Morgan fingerprint density at radius 1 is 1.39 bits per heavy atom. The maximum Gasteiger partial charge on any atom is 0.324 e. The van der Waals surface area contributed by atoms with Crippen LogP contribution in [0.1, 0.15) is 50.9 Å². The molecule has 0 atom stereocenters. The molecule has 0 bridgehead atoms. The average molecular weight is 529 g/mol. The average Bonchev–Trinajstić information content (AvgIpc) is 3.32. The Morgan fingerprint density at radius 2 is 2.00 bits per heavy atom. The Labute approximate surface area is 215 Å². The number of benzene rings is 1. The highest BCUT2D eigenvalue weighted by Crippen LogP contribution is 2.23. The molecule has 0 aliphatic carbocycles. The first-order valence-corrected chi connectivity index (χ1v) is 13.0. The van der Waals surface area contributed by atoms with E-state index in [1.165, 1.54) is 0 Å². The summed E-state index contributed by atoms with van der Waals surface area (Å²) in [5.74, 6) is 1.04. The van der Waals surface area contributed by atoms with Crippen molar-refractivity contribution in [3.05, 3.63) is 35.4 Å². The highest BCUT2D eigenvalue weighted by molar-refractivity contribution is 7.97. The number of piperidine rings is 1. The summed E-state index contributed by atoms with van der Waals surface area (Å²) >= 11 is 1.68. The van der Waals surface area contributed by atoms with E-state index in [2.05, 4.69) is 40.8 Å². The zero-order valence-corrected chi connectivity index (χ0v) is 22.3. The van der Waals surface area contributed by atoms with Gasteiger partial charge in [0, 0.05) is 44.3 Å². The quantitative estimate of drug-likeness (QED) is 0.459. The van der Waals surface area contributed by atoms with Crippen molar-refractivity contribution < 1.29 is 33.5 Å². The minimum atomic E-state index is -0.833. The van der Waals surface area contributed by atoms with Gasteiger partial charge in [0.15, 0.2) is 17.4 Å². The molecule has 10 nitrogen and oxygen atoms in total. The van der Waals surface area contributed by atoms with Crippen LogP contribution in [0, 0.1) is 5.82 Å². The number of carbonyl (C=O) groups is 2. The Hall–Kier alpha value is -2.86. The number of carboxylic acid groups (broad SMARTS) is 2. The highest BCUT2D eigenvalue weighted by atomic mass is 32.2. The van der Waals surface area contributed by atoms with Crippen LogP contribution in [0.25, 0.3) is 0 Å². The molecule has 1 fully saturated rings. The highest BCUT2D eigenvalue weighted by Gasteiger charge is 2.25. The van der Waals surface area contributed by atoms with Gasteiger partial charge < -0.3 is 24.4 Å². The predicted octanol–water partition coefficient (Wildman–Crippen LogP) is 3.97. The number of anilines is 1. The van der Waals surface area contributed by atoms with Gasteiger partial charge in [-0.1, -0.05) is 25.1 Å². The molecule has 0 saturated carbocycles. The van der Waals surface area contributed by atoms with Gasteiger partial charge in [-0.05, 0) is 43.8 Å². The Kier molecular flexibility index (Phi) is 14.5. The molecule has 12 heteroatoms. The first-order chi connectivity index (χ1) is 17.1. The van der Waals surface area contributed by atoms with E-state index >= 15 is 0 Å². The first kappa shape index (κ1) is 31.2. The number of ether oxygens (including phenoxy) is 1. The number of likely N-dealkylation sites (N-methyl/N-ethyl adjacent to an activating group) is 1. The van der Waals surface area contributed by atoms with Crippen LogP contribution in [0.15, 0.2) is 22.7 Å². The van der Waals surface area contributed by atoms with E-state index in [1.807, 2.05) is 12.3 Å². The van der Waals surface area contributed by atoms with E-state index in [-0.39, 0.29) is 18.2 Å². The van der Waals surface area contributed by atoms with Crippen LogP contribution >= 0.6 is 11.8 Å². The molecule has 202 valence electrons. The summed E-state index contributed by atoms with van der Waals surface area (Å²) < 4.78 is 25.2. The van der Waals surface area contributed by atoms with Crippen LogP contribution in [-0.2, 0) is 15.3 Å². The molecule has 2 N–H and O–H groups in total. The molecule has 2 aromatic rings. The molecular weight excluding hydrogens is 491 g/mol. The largest absolute Gasteiger partial charge is 0.489 e. The third-order valence-corrected chi connectivity index (χ3v) is 5.94. The standard InChI is InChI=1S/C21H31FN4O2S.C2H4O2.CH2O2/c1-15(2)20-23-21(28-24-20)26-9-7-17(8-10-26)25(3)11-12-27-19-6-5-16(14-29-4)13-18(19)22;1-2(3)4;2-1-3/h5-6,13,15,17H,7-12,14H2,1-4H3;1H3,(H,3,4);1H,(H,2,3). The molecule has 1 saturated heterocycles. The SMILES string of the molecule is CC(=O)O.CSCc1ccc(OCCN(C)C2CCN(c3nc(C(C)C)no3)CC2)c(F)c1.O=CO. The van der Waals surface area contributed by atoms with Crippen molar-refractivity contribution in [1.29, 1.82) is 0 Å². The lowest BCUT2D eigenvalue weighted by molar-refractivity contribution is -0.134. The molecule has 0 spiro atoms. The van der Waals surface area contributed by atoms with Gasteiger partial charge in [-0.2, -0.15) is 16.7 Å². The van der Waals surface area contributed by atoms with Gasteiger partial charge in [0.25, 0.3) is 12.4 Å². The normalized spacial score (nSPS) is 13.5. The second-order valence-electron chi connectivity index (χ2n) is 8.46. The van der Waals surface area contributed by atoms with E-state index in [0.717, 1.165) is 56.5 Å². The van der Waals surface area contributed by atoms with Crippen LogP contribution in [-0.4, -0.2) is 83.3 Å². The molecule has 1 aliphatic heterocycles. The van der Waals surface area contributed by atoms with Crippen LogP contribution in [0.5, 0.6) is 5.75 Å². The zero-order chi connectivity index (χ0) is 27.1. The Balaban J connectivity index is 0.000000825. The lowest BCUT2D eigenvalue weighted by atomic mass is 10.0. The van der Waals surface area contributed by atoms with Gasteiger partial charge in [0.05, 0.1) is 0 Å². The lowest BCUT2D eigenvalue weighted by Crippen LogP contribution is -2.44. The van der Waals surface area contributed by atoms with E-state index in [4.69, 9.17) is 29.1 Å². The number of carboxylic acids is 1. The monoisotopic (exact) mass is 528 g/mol. The number of hydrogen-bond donors (Lipinski definition) is 2. The van der Waals surface area contributed by atoms with E-state index in [1.54, 1.807) is 23.9 Å². The first-order valence-electron chi connectivity index (χ1n) is 11.6. The summed E-state index contributed by atoms with van der Waals surface area (Å²) in [6.45, 7) is 7.96. The number of halogens is 1. The van der Waals surface area contributed by atoms with Gasteiger partial charge in [0.1, 0.15) is 6.61 Å². The number of aliphatic carboxylic acids is 1. The molecule has 2 heterocycles. The number of nitrogens with zero attached hydrogens (tertiary/aromatic N) is 4. The summed E-state index contributed by atoms with van der Waals surface area (Å²) in [6.07, 6.45) is 4.05. The van der Waals surface area contributed by atoms with E-state index < -0.39 is 5.97 Å². The molecule has 0 unspecified atom stereocenters. The second-order valence-corrected chi connectivity index (χ2v) is 9.33. The summed E-state index contributed by atoms with van der Waals surface area (Å²) in [7, 11) is 2.10. The summed E-state index contributed by atoms with van der Waals surface area (Å²) in [6, 6.07) is 6.31. The molecule has 1 aromatic carbocycles. The van der Waals surface area contributed by atoms with Gasteiger partial charge in [0.2, 0.25) is 0 Å². The molecule has 0 radical (unpaired) electrons. The number of aromatic nitrogens is 2. The molecule has 3 rings (SSSR count). The molecular formula is C24H37FN4O6S. The van der Waals surface area contributed by atoms with E-state index in [0.29, 0.717) is 24.4 Å². The minimum Gasteiger partial charge on any atom is -0.489 e. The van der Waals surface area contributed by atoms with Crippen molar-refractivity contribution in [1.82, 2.24) is 15.0 Å². The summed E-state index contributed by atoms with van der Waals surface area (Å²) in [4.78, 5) is 26.3. The van der Waals surface area contributed by atoms with Crippen molar-refractivity contribution in [3.63, 3.8) is 0 Å². The third-order valence-electron chi connectivity index (χ3n) is 5.31. The molecule has 36 heavy (non-hydrogen) atoms. The fourth-order valence-corrected chi connectivity index (χ4v) is 4.00. The Morgan fingerprint density at radius 3 is 2.50 bits per heavy atom. The zero-order valence-electron chi connectivity index (χ0n) is 21.5. The Bertz CT molecular complexity index is 918. The maximum atomic E-state index is 14.1. The van der Waals surface area contributed by atoms with Gasteiger partial charge in [-0.3, -0.25) is 14.5 Å². The van der Waals surface area contributed by atoms with Crippen LogP contribution < -0.4 is 9.64 Å². The molecule has 0 amide bonds.